The molecule has 22 nitrogen and oxygen atoms in total. The van der Waals surface area contributed by atoms with Crippen LogP contribution in [0.5, 0.6) is 0 Å². The number of hydrogen-bond acceptors (Lipinski definition) is 14. The lowest BCUT2D eigenvalue weighted by Gasteiger charge is -2.24. The first-order valence-electron chi connectivity index (χ1n) is 6.72. The summed E-state index contributed by atoms with van der Waals surface area (Å²) < 4.78 is 226. The van der Waals surface area contributed by atoms with Gasteiger partial charge < -0.3 is 0 Å². The fraction of sp³-hybridized carbons (Fsp3) is 0. The van der Waals surface area contributed by atoms with Crippen LogP contribution in [0.1, 0.15) is 0 Å². The highest BCUT2D eigenvalue weighted by molar-refractivity contribution is 8.05. The van der Waals surface area contributed by atoms with Gasteiger partial charge in [0.25, 0.3) is 50.6 Å². The molecular formula is C6H7NO21S7. The molecule has 0 saturated heterocycles. The zero-order valence-electron chi connectivity index (χ0n) is 15.2. The van der Waals surface area contributed by atoms with Gasteiger partial charge in [0.15, 0.2) is 0 Å². The first kappa shape index (κ1) is 31.4. The van der Waals surface area contributed by atoms with Gasteiger partial charge in [-0.2, -0.15) is 58.9 Å². The van der Waals surface area contributed by atoms with Crippen molar-refractivity contribution in [1.29, 1.82) is 0 Å². The average Bonchev–Trinajstić information content (AvgIpc) is 2.44. The van der Waals surface area contributed by atoms with Crippen LogP contribution in [0, 0.1) is 0 Å². The van der Waals surface area contributed by atoms with Crippen molar-refractivity contribution in [2.24, 2.45) is 0 Å². The van der Waals surface area contributed by atoms with Crippen molar-refractivity contribution in [3.63, 3.8) is 0 Å². The van der Waals surface area contributed by atoms with E-state index in [4.69, 9.17) is 9.11 Å². The van der Waals surface area contributed by atoms with Crippen LogP contribution in [0.4, 0.5) is 5.69 Å². The van der Waals surface area contributed by atoms with E-state index in [1.54, 1.807) is 0 Å². The largest absolute Gasteiger partial charge is 0.375 e. The normalized spacial score (nSPS) is 14.6. The predicted molar refractivity (Wildman–Crippen MR) is 101 cm³/mol. The third-order valence-corrected chi connectivity index (χ3v) is 10.6. The van der Waals surface area contributed by atoms with Crippen LogP contribution in [0.3, 0.4) is 0 Å². The maximum Gasteiger partial charge on any atom is 0.375 e. The Morgan fingerprint density at radius 1 is 0.343 bits per heavy atom. The monoisotopic (exact) mass is 653 g/mol. The van der Waals surface area contributed by atoms with Gasteiger partial charge in [0, 0.05) is 0 Å². The lowest BCUT2D eigenvalue weighted by molar-refractivity contribution is 0.438. The molecule has 0 aliphatic heterocycles. The Morgan fingerprint density at radius 3 is 0.657 bits per heavy atom. The van der Waals surface area contributed by atoms with Crippen molar-refractivity contribution in [2.75, 3.05) is 3.71 Å². The number of nitrogens with zero attached hydrogens (tertiary/aromatic N) is 1. The molecule has 0 bridgehead atoms. The highest BCUT2D eigenvalue weighted by atomic mass is 32.3. The molecule has 0 aliphatic rings. The number of benzene rings is 1. The molecule has 1 aromatic carbocycles. The molecule has 35 heavy (non-hydrogen) atoms. The first-order valence-corrected chi connectivity index (χ1v) is 16.7. The van der Waals surface area contributed by atoms with Crippen LogP contribution in [0.15, 0.2) is 24.5 Å². The molecule has 1 rings (SSSR count). The Bertz CT molecular complexity index is 1750. The molecule has 0 spiro atoms. The minimum atomic E-state index is -6.93. The van der Waals surface area contributed by atoms with Crippen LogP contribution in [0.25, 0.3) is 0 Å². The summed E-state index contributed by atoms with van der Waals surface area (Å²) >= 11 is 0. The van der Waals surface area contributed by atoms with E-state index >= 15 is 0 Å². The second-order valence-electron chi connectivity index (χ2n) is 5.52. The fourth-order valence-corrected chi connectivity index (χ4v) is 10.7. The summed E-state index contributed by atoms with van der Waals surface area (Å²) in [5.41, 5.74) is -3.33. The van der Waals surface area contributed by atoms with Crippen molar-refractivity contribution in [3.05, 3.63) is 0 Å². The lowest BCUT2D eigenvalue weighted by Crippen LogP contribution is -2.39. The van der Waals surface area contributed by atoms with Crippen molar-refractivity contribution in [1.82, 2.24) is 0 Å². The van der Waals surface area contributed by atoms with Gasteiger partial charge in [0.05, 0.1) is 0 Å². The third-order valence-electron chi connectivity index (χ3n) is 3.15. The van der Waals surface area contributed by atoms with Crippen molar-refractivity contribution >= 4 is 76.9 Å². The quantitative estimate of drug-likeness (QED) is 0.133. The number of rotatable bonds is 8. The number of hydrogen-bond donors (Lipinski definition) is 7. The molecule has 0 fully saturated rings. The minimum Gasteiger partial charge on any atom is -0.282 e. The standard InChI is InChI=1S/C6H7NO21S7/c8-29(9,10)2-1(7(34(23,24)25)35(26,27)28)3(30(11,12)13)5(32(17,18)19)6(33(20,21)22)4(2)31(14,15)16/h(H,8,9,10)(H,11,12,13)(H,14,15,16)(H,17,18,19)(H,20,21,22)(H,23,24,25)(H,26,27,28). The average molecular weight is 654 g/mol. The van der Waals surface area contributed by atoms with E-state index in [9.17, 15) is 81.7 Å². The molecular weight excluding hydrogens is 647 g/mol. The van der Waals surface area contributed by atoms with Gasteiger partial charge >= 0.3 is 20.6 Å². The zero-order valence-corrected chi connectivity index (χ0v) is 20.9. The van der Waals surface area contributed by atoms with Crippen LogP contribution < -0.4 is 3.71 Å². The maximum atomic E-state index is 11.8. The Labute approximate surface area is 195 Å². The van der Waals surface area contributed by atoms with Gasteiger partial charge in [0.1, 0.15) is 30.2 Å². The number of anilines is 1. The first-order chi connectivity index (χ1) is 14.9. The van der Waals surface area contributed by atoms with E-state index in [0.717, 1.165) is 0 Å². The summed E-state index contributed by atoms with van der Waals surface area (Å²) in [7, 11) is -48.1. The molecule has 29 heteroatoms. The van der Waals surface area contributed by atoms with E-state index in [1.807, 2.05) is 0 Å². The predicted octanol–water partition coefficient (Wildman–Crippen LogP) is -3.67. The summed E-state index contributed by atoms with van der Waals surface area (Å²) in [6, 6.07) is 0. The van der Waals surface area contributed by atoms with E-state index in [1.165, 1.54) is 0 Å². The highest BCUT2D eigenvalue weighted by Crippen LogP contribution is 2.47. The van der Waals surface area contributed by atoms with Gasteiger partial charge in [-0.1, -0.05) is 0 Å². The molecule has 0 saturated carbocycles. The Hall–Kier alpha value is -1.61. The Balaban J connectivity index is 5.50. The van der Waals surface area contributed by atoms with E-state index in [-0.39, 0.29) is 0 Å². The molecule has 0 unspecified atom stereocenters. The molecule has 1 aromatic rings. The summed E-state index contributed by atoms with van der Waals surface area (Å²) in [4.78, 5) is -16.3. The molecule has 7 N–H and O–H groups in total. The van der Waals surface area contributed by atoms with Crippen LogP contribution in [-0.4, -0.2) is 90.8 Å². The van der Waals surface area contributed by atoms with Gasteiger partial charge in [-0.15, -0.1) is 3.71 Å². The molecule has 204 valence electrons. The maximum absolute atomic E-state index is 11.8. The lowest BCUT2D eigenvalue weighted by atomic mass is 10.3. The summed E-state index contributed by atoms with van der Waals surface area (Å²) in [6.07, 6.45) is 0. The summed E-state index contributed by atoms with van der Waals surface area (Å²) in [5.74, 6) is 0. The summed E-state index contributed by atoms with van der Waals surface area (Å²) in [6.45, 7) is 0. The Kier molecular flexibility index (Phi) is 7.60. The van der Waals surface area contributed by atoms with Crippen molar-refractivity contribution in [3.8, 4) is 0 Å². The van der Waals surface area contributed by atoms with Crippen LogP contribution in [-0.2, 0) is 71.2 Å². The summed E-state index contributed by atoms with van der Waals surface area (Å²) in [5, 5.41) is 0. The van der Waals surface area contributed by atoms with Crippen LogP contribution >= 0.6 is 0 Å². The topological polar surface area (TPSA) is 384 Å². The molecule has 0 aliphatic carbocycles. The van der Waals surface area contributed by atoms with Gasteiger partial charge in [0.2, 0.25) is 0 Å². The van der Waals surface area contributed by atoms with Gasteiger partial charge in [-0.3, -0.25) is 31.9 Å². The zero-order chi connectivity index (χ0) is 28.5. The molecule has 0 heterocycles. The van der Waals surface area contributed by atoms with Gasteiger partial charge in [-0.25, -0.2) is 0 Å². The van der Waals surface area contributed by atoms with Crippen molar-refractivity contribution < 1.29 is 90.8 Å². The molecule has 0 amide bonds. The van der Waals surface area contributed by atoms with Crippen molar-refractivity contribution in [2.45, 2.75) is 24.5 Å². The van der Waals surface area contributed by atoms with E-state index < -0.39 is 105 Å². The molecule has 0 radical (unpaired) electrons. The smallest absolute Gasteiger partial charge is 0.282 e. The second-order valence-corrected chi connectivity index (χ2v) is 15.1. The van der Waals surface area contributed by atoms with Crippen LogP contribution in [0.2, 0.25) is 0 Å². The van der Waals surface area contributed by atoms with E-state index in [0.29, 0.717) is 0 Å². The van der Waals surface area contributed by atoms with E-state index in [2.05, 4.69) is 0 Å². The fourth-order valence-electron chi connectivity index (χ4n) is 2.32. The highest BCUT2D eigenvalue weighted by Gasteiger charge is 2.51. The molecule has 0 aromatic heterocycles. The Morgan fingerprint density at radius 2 is 0.514 bits per heavy atom. The second kappa shape index (κ2) is 8.47. The molecule has 0 atom stereocenters. The van der Waals surface area contributed by atoms with Gasteiger partial charge in [-0.05, 0) is 0 Å². The SMILES string of the molecule is O=S(=O)(O)c1c(N(S(=O)(=O)O)S(=O)(=O)O)c(S(=O)(=O)O)c(S(=O)(=O)O)c(S(=O)(=O)O)c1S(=O)(=O)O. The third kappa shape index (κ3) is 6.40. The minimum absolute atomic E-state index is 2.29.